The van der Waals surface area contributed by atoms with Crippen molar-refractivity contribution >= 4 is 24.1 Å². The zero-order chi connectivity index (χ0) is 22.3. The molecule has 0 aromatic carbocycles. The largest absolute Gasteiger partial charge is 0.433 e. The van der Waals surface area contributed by atoms with Crippen LogP contribution in [0, 0.1) is 11.8 Å². The standard InChI is InChI=1S/C19H27F3N6O3/c20-19(21,22)15-10-16(28-5-7-31-8-6-28)25-18(24-15)27-26-17(30)14(11-23-12-29)9-13-3-1-2-4-13/h10,12-14H,1-9,11H2,(H,23,29)(H,26,30)(H,24,25,27)/t14-/m1/s1. The van der Waals surface area contributed by atoms with E-state index in [0.717, 1.165) is 31.7 Å². The number of carbonyl (C=O) groups is 2. The third kappa shape index (κ3) is 6.68. The topological polar surface area (TPSA) is 108 Å². The van der Waals surface area contributed by atoms with Crippen LogP contribution in [0.25, 0.3) is 0 Å². The summed E-state index contributed by atoms with van der Waals surface area (Å²) in [6, 6.07) is 0.884. The molecule has 1 aliphatic carbocycles. The Morgan fingerprint density at radius 2 is 1.97 bits per heavy atom. The van der Waals surface area contributed by atoms with Gasteiger partial charge in [0.2, 0.25) is 18.3 Å². The molecular weight excluding hydrogens is 417 g/mol. The molecule has 9 nitrogen and oxygen atoms in total. The number of carbonyl (C=O) groups excluding carboxylic acids is 2. The molecule has 2 fully saturated rings. The van der Waals surface area contributed by atoms with Gasteiger partial charge in [-0.1, -0.05) is 25.7 Å². The highest BCUT2D eigenvalue weighted by Gasteiger charge is 2.34. The second kappa shape index (κ2) is 10.6. The summed E-state index contributed by atoms with van der Waals surface area (Å²) in [5.74, 6) is -0.803. The Hall–Kier alpha value is -2.63. The molecule has 1 saturated heterocycles. The van der Waals surface area contributed by atoms with Crippen molar-refractivity contribution in [3.63, 3.8) is 0 Å². The molecule has 2 amide bonds. The molecule has 0 bridgehead atoms. The highest BCUT2D eigenvalue weighted by atomic mass is 19.4. The maximum atomic E-state index is 13.3. The van der Waals surface area contributed by atoms with Gasteiger partial charge < -0.3 is 15.0 Å². The molecule has 1 saturated carbocycles. The van der Waals surface area contributed by atoms with Gasteiger partial charge in [-0.05, 0) is 12.3 Å². The molecule has 12 heteroatoms. The highest BCUT2D eigenvalue weighted by Crippen LogP contribution is 2.31. The van der Waals surface area contributed by atoms with E-state index in [0.29, 0.717) is 45.1 Å². The third-order valence-electron chi connectivity index (χ3n) is 5.55. The number of nitrogens with zero attached hydrogens (tertiary/aromatic N) is 3. The summed E-state index contributed by atoms with van der Waals surface area (Å²) in [5.41, 5.74) is 3.73. The molecule has 1 atom stereocenters. The maximum Gasteiger partial charge on any atom is 0.433 e. The van der Waals surface area contributed by atoms with E-state index in [4.69, 9.17) is 4.74 Å². The van der Waals surface area contributed by atoms with Crippen LogP contribution in [-0.2, 0) is 20.5 Å². The molecule has 1 aromatic rings. The van der Waals surface area contributed by atoms with E-state index in [-0.39, 0.29) is 18.3 Å². The van der Waals surface area contributed by atoms with Gasteiger partial charge in [0.1, 0.15) is 5.82 Å². The number of amides is 2. The number of anilines is 2. The van der Waals surface area contributed by atoms with Crippen molar-refractivity contribution in [1.29, 1.82) is 0 Å². The van der Waals surface area contributed by atoms with Crippen LogP contribution in [-0.4, -0.2) is 55.1 Å². The van der Waals surface area contributed by atoms with E-state index in [1.54, 1.807) is 4.90 Å². The van der Waals surface area contributed by atoms with Crippen molar-refractivity contribution in [3.8, 4) is 0 Å². The van der Waals surface area contributed by atoms with Gasteiger partial charge in [0.05, 0.1) is 19.1 Å². The zero-order valence-electron chi connectivity index (χ0n) is 17.1. The average Bonchev–Trinajstić information content (AvgIpc) is 3.28. The highest BCUT2D eigenvalue weighted by molar-refractivity contribution is 5.80. The fraction of sp³-hybridized carbons (Fsp3) is 0.684. The fourth-order valence-electron chi connectivity index (χ4n) is 3.93. The van der Waals surface area contributed by atoms with Crippen molar-refractivity contribution in [2.24, 2.45) is 11.8 Å². The van der Waals surface area contributed by atoms with Crippen molar-refractivity contribution in [3.05, 3.63) is 11.8 Å². The molecule has 0 unspecified atom stereocenters. The number of morpholine rings is 1. The lowest BCUT2D eigenvalue weighted by Gasteiger charge is -2.28. The number of hydrazine groups is 1. The minimum atomic E-state index is -4.66. The van der Waals surface area contributed by atoms with Crippen LogP contribution in [0.3, 0.4) is 0 Å². The average molecular weight is 444 g/mol. The second-order valence-corrected chi connectivity index (χ2v) is 7.76. The van der Waals surface area contributed by atoms with Gasteiger partial charge in [-0.2, -0.15) is 18.2 Å². The maximum absolute atomic E-state index is 13.3. The first-order chi connectivity index (χ1) is 14.9. The minimum absolute atomic E-state index is 0.104. The van der Waals surface area contributed by atoms with Gasteiger partial charge in [0, 0.05) is 25.7 Å². The number of rotatable bonds is 9. The van der Waals surface area contributed by atoms with Gasteiger partial charge in [-0.25, -0.2) is 4.98 Å². The monoisotopic (exact) mass is 444 g/mol. The molecule has 3 N–H and O–H groups in total. The van der Waals surface area contributed by atoms with Crippen LogP contribution in [0.2, 0.25) is 0 Å². The van der Waals surface area contributed by atoms with E-state index in [1.807, 2.05) is 0 Å². The molecule has 31 heavy (non-hydrogen) atoms. The molecule has 1 aliphatic heterocycles. The number of halogens is 3. The Morgan fingerprint density at radius 3 is 2.61 bits per heavy atom. The summed E-state index contributed by atoms with van der Waals surface area (Å²) in [6.45, 7) is 1.73. The summed E-state index contributed by atoms with van der Waals surface area (Å²) in [4.78, 5) is 32.6. The summed E-state index contributed by atoms with van der Waals surface area (Å²) in [7, 11) is 0. The van der Waals surface area contributed by atoms with Gasteiger partial charge in [0.15, 0.2) is 5.69 Å². The predicted octanol–water partition coefficient (Wildman–Crippen LogP) is 1.72. The molecule has 3 rings (SSSR count). The fourth-order valence-corrected chi connectivity index (χ4v) is 3.93. The Kier molecular flexibility index (Phi) is 7.88. The van der Waals surface area contributed by atoms with Crippen molar-refractivity contribution < 1.29 is 27.5 Å². The van der Waals surface area contributed by atoms with Crippen LogP contribution >= 0.6 is 0 Å². The molecule has 2 heterocycles. The van der Waals surface area contributed by atoms with Gasteiger partial charge in [-0.15, -0.1) is 0 Å². The molecule has 0 spiro atoms. The molecule has 1 aromatic heterocycles. The Bertz CT molecular complexity index is 752. The van der Waals surface area contributed by atoms with E-state index in [9.17, 15) is 22.8 Å². The smallest absolute Gasteiger partial charge is 0.378 e. The Morgan fingerprint density at radius 1 is 1.26 bits per heavy atom. The van der Waals surface area contributed by atoms with Crippen LogP contribution in [0.15, 0.2) is 6.07 Å². The lowest BCUT2D eigenvalue weighted by molar-refractivity contribution is -0.141. The summed E-state index contributed by atoms with van der Waals surface area (Å²) >= 11 is 0. The number of alkyl halides is 3. The SMILES string of the molecule is O=CNC[C@@H](CC1CCCC1)C(=O)NNc1nc(N2CCOCC2)cc(C(F)(F)F)n1. The van der Waals surface area contributed by atoms with Crippen LogP contribution in [0.1, 0.15) is 37.8 Å². The summed E-state index contributed by atoms with van der Waals surface area (Å²) in [5, 5.41) is 2.51. The first-order valence-electron chi connectivity index (χ1n) is 10.4. The van der Waals surface area contributed by atoms with Gasteiger partial charge in [0.25, 0.3) is 0 Å². The summed E-state index contributed by atoms with van der Waals surface area (Å²) < 4.78 is 45.2. The van der Waals surface area contributed by atoms with Gasteiger partial charge >= 0.3 is 6.18 Å². The van der Waals surface area contributed by atoms with E-state index < -0.39 is 23.7 Å². The predicted molar refractivity (Wildman–Crippen MR) is 106 cm³/mol. The lowest BCUT2D eigenvalue weighted by Crippen LogP contribution is -2.41. The molecule has 0 radical (unpaired) electrons. The number of hydrogen-bond acceptors (Lipinski definition) is 7. The second-order valence-electron chi connectivity index (χ2n) is 7.76. The number of aromatic nitrogens is 2. The van der Waals surface area contributed by atoms with Crippen molar-refractivity contribution in [2.75, 3.05) is 43.2 Å². The van der Waals surface area contributed by atoms with E-state index >= 15 is 0 Å². The van der Waals surface area contributed by atoms with E-state index in [2.05, 4.69) is 26.1 Å². The van der Waals surface area contributed by atoms with E-state index in [1.165, 1.54) is 0 Å². The van der Waals surface area contributed by atoms with Gasteiger partial charge in [-0.3, -0.25) is 20.4 Å². The van der Waals surface area contributed by atoms with Crippen LogP contribution < -0.4 is 21.1 Å². The third-order valence-corrected chi connectivity index (χ3v) is 5.55. The van der Waals surface area contributed by atoms with Crippen molar-refractivity contribution in [2.45, 2.75) is 38.3 Å². The molecular formula is C19H27F3N6O3. The number of nitrogens with one attached hydrogen (secondary N) is 3. The number of ether oxygens (including phenoxy) is 1. The number of hydrogen-bond donors (Lipinski definition) is 3. The summed E-state index contributed by atoms with van der Waals surface area (Å²) in [6.07, 6.45) is 0.727. The van der Waals surface area contributed by atoms with Crippen molar-refractivity contribution in [1.82, 2.24) is 20.7 Å². The lowest BCUT2D eigenvalue weighted by atomic mass is 9.92. The van der Waals surface area contributed by atoms with Crippen LogP contribution in [0.5, 0.6) is 0 Å². The minimum Gasteiger partial charge on any atom is -0.378 e. The quantitative estimate of drug-likeness (QED) is 0.393. The first-order valence-corrected chi connectivity index (χ1v) is 10.4. The zero-order valence-corrected chi connectivity index (χ0v) is 17.1. The first kappa shape index (κ1) is 23.0. The molecule has 172 valence electrons. The Balaban J connectivity index is 1.70. The van der Waals surface area contributed by atoms with Crippen LogP contribution in [0.4, 0.5) is 24.9 Å². The molecule has 2 aliphatic rings. The normalized spacial score (nSPS) is 18.5. The Labute approximate surface area is 178 Å².